The van der Waals surface area contributed by atoms with Gasteiger partial charge in [0.25, 0.3) is 0 Å². The van der Waals surface area contributed by atoms with Crippen molar-refractivity contribution in [2.45, 2.75) is 39.5 Å². The molecule has 20 heavy (non-hydrogen) atoms. The lowest BCUT2D eigenvalue weighted by molar-refractivity contribution is -0.129. The number of halogens is 2. The van der Waals surface area contributed by atoms with E-state index in [0.29, 0.717) is 13.2 Å². The Morgan fingerprint density at radius 1 is 1.50 bits per heavy atom. The van der Waals surface area contributed by atoms with Gasteiger partial charge in [0.2, 0.25) is 5.91 Å². The molecular formula is C12H21Cl2N3O2S. The van der Waals surface area contributed by atoms with E-state index in [4.69, 9.17) is 4.74 Å². The number of morpholine rings is 1. The number of thiazole rings is 1. The quantitative estimate of drug-likeness (QED) is 0.876. The Labute approximate surface area is 135 Å². The van der Waals surface area contributed by atoms with Crippen molar-refractivity contribution < 1.29 is 9.53 Å². The molecule has 0 spiro atoms. The van der Waals surface area contributed by atoms with Crippen molar-refractivity contribution in [2.24, 2.45) is 0 Å². The van der Waals surface area contributed by atoms with E-state index in [1.54, 1.807) is 11.3 Å². The minimum Gasteiger partial charge on any atom is -0.375 e. The fourth-order valence-corrected chi connectivity index (χ4v) is 2.92. The highest BCUT2D eigenvalue weighted by molar-refractivity contribution is 7.11. The van der Waals surface area contributed by atoms with Gasteiger partial charge in [-0.1, -0.05) is 0 Å². The van der Waals surface area contributed by atoms with Crippen molar-refractivity contribution in [1.82, 2.24) is 15.6 Å². The molecule has 8 heteroatoms. The zero-order valence-electron chi connectivity index (χ0n) is 11.8. The predicted molar refractivity (Wildman–Crippen MR) is 85.1 cm³/mol. The maximum atomic E-state index is 12.0. The lowest BCUT2D eigenvalue weighted by Crippen LogP contribution is -2.55. The number of nitrogens with one attached hydrogen (secondary N) is 2. The third-order valence-electron chi connectivity index (χ3n) is 3.02. The number of amides is 1. The fourth-order valence-electron chi connectivity index (χ4n) is 2.04. The summed E-state index contributed by atoms with van der Waals surface area (Å²) < 4.78 is 5.46. The highest BCUT2D eigenvalue weighted by atomic mass is 35.5. The van der Waals surface area contributed by atoms with Gasteiger partial charge in [-0.15, -0.1) is 36.2 Å². The van der Waals surface area contributed by atoms with E-state index in [9.17, 15) is 4.79 Å². The summed E-state index contributed by atoms with van der Waals surface area (Å²) in [6.45, 7) is 7.79. The van der Waals surface area contributed by atoms with Crippen molar-refractivity contribution >= 4 is 42.1 Å². The molecule has 0 aliphatic carbocycles. The van der Waals surface area contributed by atoms with Gasteiger partial charge >= 0.3 is 0 Å². The molecule has 1 amide bonds. The van der Waals surface area contributed by atoms with Crippen molar-refractivity contribution in [1.29, 1.82) is 0 Å². The number of carbonyl (C=O) groups is 1. The van der Waals surface area contributed by atoms with Crippen molar-refractivity contribution in [2.75, 3.05) is 13.2 Å². The van der Waals surface area contributed by atoms with Gasteiger partial charge in [-0.05, 0) is 20.8 Å². The standard InChI is InChI=1S/C12H19N3O2S.2ClH/c1-7-10(18-9(3)15-7)6-14-12(16)11-8(2)17-5-4-13-11;;/h8,11,13H,4-6H2,1-3H3,(H,14,16);2*1H/t8-,11+;;/m1../s1. The molecule has 0 unspecified atom stereocenters. The Bertz CT molecular complexity index is 442. The summed E-state index contributed by atoms with van der Waals surface area (Å²) in [5.41, 5.74) is 0.999. The van der Waals surface area contributed by atoms with E-state index in [-0.39, 0.29) is 42.9 Å². The monoisotopic (exact) mass is 341 g/mol. The zero-order valence-corrected chi connectivity index (χ0v) is 14.2. The van der Waals surface area contributed by atoms with Gasteiger partial charge in [-0.3, -0.25) is 4.79 Å². The van der Waals surface area contributed by atoms with Crippen LogP contribution in [-0.2, 0) is 16.1 Å². The molecule has 2 rings (SSSR count). The number of aryl methyl sites for hydroxylation is 2. The molecule has 2 N–H and O–H groups in total. The number of carbonyl (C=O) groups excluding carboxylic acids is 1. The van der Waals surface area contributed by atoms with Gasteiger partial charge in [-0.2, -0.15) is 0 Å². The molecule has 1 aliphatic rings. The van der Waals surface area contributed by atoms with E-state index in [1.165, 1.54) is 0 Å². The molecule has 1 aromatic rings. The van der Waals surface area contributed by atoms with Gasteiger partial charge in [0.05, 0.1) is 30.0 Å². The van der Waals surface area contributed by atoms with E-state index in [2.05, 4.69) is 15.6 Å². The first kappa shape index (κ1) is 19.6. The molecule has 1 aromatic heterocycles. The highest BCUT2D eigenvalue weighted by Crippen LogP contribution is 2.16. The first-order valence-corrected chi connectivity index (χ1v) is 6.95. The molecule has 0 aromatic carbocycles. The molecular weight excluding hydrogens is 321 g/mol. The van der Waals surface area contributed by atoms with Crippen LogP contribution in [-0.4, -0.2) is 36.2 Å². The van der Waals surface area contributed by atoms with Crippen LogP contribution in [0.4, 0.5) is 0 Å². The Balaban J connectivity index is 0.00000180. The first-order valence-electron chi connectivity index (χ1n) is 6.13. The number of ether oxygens (including phenoxy) is 1. The fraction of sp³-hybridized carbons (Fsp3) is 0.667. The second-order valence-electron chi connectivity index (χ2n) is 4.47. The molecule has 5 nitrogen and oxygen atoms in total. The average Bonchev–Trinajstić information content (AvgIpc) is 2.65. The Kier molecular flexibility index (Phi) is 8.62. The van der Waals surface area contributed by atoms with Gasteiger partial charge in [0.15, 0.2) is 0 Å². The lowest BCUT2D eigenvalue weighted by Gasteiger charge is -2.29. The molecule has 1 aliphatic heterocycles. The summed E-state index contributed by atoms with van der Waals surface area (Å²) in [7, 11) is 0. The number of hydrogen-bond acceptors (Lipinski definition) is 5. The Hall–Kier alpha value is -0.400. The molecule has 1 saturated heterocycles. The largest absolute Gasteiger partial charge is 0.375 e. The number of aromatic nitrogens is 1. The van der Waals surface area contributed by atoms with Crippen LogP contribution in [0.5, 0.6) is 0 Å². The minimum absolute atomic E-state index is 0. The number of nitrogens with zero attached hydrogens (tertiary/aromatic N) is 1. The molecule has 0 radical (unpaired) electrons. The first-order chi connectivity index (χ1) is 8.58. The molecule has 0 saturated carbocycles. The highest BCUT2D eigenvalue weighted by Gasteiger charge is 2.28. The zero-order chi connectivity index (χ0) is 13.1. The molecule has 2 atom stereocenters. The third kappa shape index (κ3) is 4.86. The number of hydrogen-bond donors (Lipinski definition) is 2. The topological polar surface area (TPSA) is 63.2 Å². The van der Waals surface area contributed by atoms with Gasteiger partial charge < -0.3 is 15.4 Å². The maximum Gasteiger partial charge on any atom is 0.240 e. The molecule has 1 fully saturated rings. The van der Waals surface area contributed by atoms with E-state index in [0.717, 1.165) is 22.1 Å². The summed E-state index contributed by atoms with van der Waals surface area (Å²) in [6, 6.07) is -0.256. The minimum atomic E-state index is -0.256. The van der Waals surface area contributed by atoms with Gasteiger partial charge in [0, 0.05) is 11.4 Å². The van der Waals surface area contributed by atoms with Crippen molar-refractivity contribution in [3.8, 4) is 0 Å². The van der Waals surface area contributed by atoms with Crippen LogP contribution in [0.25, 0.3) is 0 Å². The summed E-state index contributed by atoms with van der Waals surface area (Å²) in [5.74, 6) is -0.00680. The van der Waals surface area contributed by atoms with Crippen LogP contribution < -0.4 is 10.6 Å². The van der Waals surface area contributed by atoms with Gasteiger partial charge in [0.1, 0.15) is 6.04 Å². The Morgan fingerprint density at radius 2 is 2.20 bits per heavy atom. The lowest BCUT2D eigenvalue weighted by atomic mass is 10.1. The summed E-state index contributed by atoms with van der Waals surface area (Å²) in [5, 5.41) is 7.15. The average molecular weight is 342 g/mol. The van der Waals surface area contributed by atoms with Crippen molar-refractivity contribution in [3.05, 3.63) is 15.6 Å². The van der Waals surface area contributed by atoms with Crippen LogP contribution in [0, 0.1) is 13.8 Å². The third-order valence-corrected chi connectivity index (χ3v) is 4.09. The van der Waals surface area contributed by atoms with Crippen LogP contribution in [0.15, 0.2) is 0 Å². The van der Waals surface area contributed by atoms with E-state index in [1.807, 2.05) is 20.8 Å². The maximum absolute atomic E-state index is 12.0. The Morgan fingerprint density at radius 3 is 2.75 bits per heavy atom. The second kappa shape index (κ2) is 8.79. The number of rotatable bonds is 3. The molecule has 0 bridgehead atoms. The van der Waals surface area contributed by atoms with E-state index < -0.39 is 0 Å². The summed E-state index contributed by atoms with van der Waals surface area (Å²) >= 11 is 1.63. The predicted octanol–water partition coefficient (Wildman–Crippen LogP) is 1.60. The smallest absolute Gasteiger partial charge is 0.240 e. The summed E-state index contributed by atoms with van der Waals surface area (Å²) in [6.07, 6.45) is -0.0805. The van der Waals surface area contributed by atoms with Crippen LogP contribution in [0.2, 0.25) is 0 Å². The summed E-state index contributed by atoms with van der Waals surface area (Å²) in [4.78, 5) is 17.5. The second-order valence-corrected chi connectivity index (χ2v) is 5.75. The van der Waals surface area contributed by atoms with Crippen LogP contribution in [0.3, 0.4) is 0 Å². The van der Waals surface area contributed by atoms with Crippen LogP contribution >= 0.6 is 36.2 Å². The SMILES string of the molecule is Cc1nc(C)c(CNC(=O)[C@H]2NCCO[C@@H]2C)s1.Cl.Cl. The van der Waals surface area contributed by atoms with Crippen molar-refractivity contribution in [3.63, 3.8) is 0 Å². The molecule has 2 heterocycles. The normalized spacial score (nSPS) is 21.6. The van der Waals surface area contributed by atoms with E-state index >= 15 is 0 Å². The molecule has 116 valence electrons. The van der Waals surface area contributed by atoms with Crippen LogP contribution in [0.1, 0.15) is 22.5 Å². The van der Waals surface area contributed by atoms with Gasteiger partial charge in [-0.25, -0.2) is 4.98 Å².